The summed E-state index contributed by atoms with van der Waals surface area (Å²) in [6, 6.07) is 0. The molecule has 1 saturated carbocycles. The van der Waals surface area contributed by atoms with Gasteiger partial charge in [0.25, 0.3) is 0 Å². The summed E-state index contributed by atoms with van der Waals surface area (Å²) in [6.45, 7) is 4.02. The lowest BCUT2D eigenvalue weighted by molar-refractivity contribution is 0.0917. The average Bonchev–Trinajstić information content (AvgIpc) is 2.62. The number of aliphatic hydroxyl groups excluding tert-OH is 1. The number of fused-ring (bicyclic) bond motifs is 1. The number of hydrogen-bond acceptors (Lipinski definition) is 3. The molecule has 0 aromatic rings. The molecule has 0 radical (unpaired) electrons. The molecule has 2 N–H and O–H groups in total. The Morgan fingerprint density at radius 2 is 2.00 bits per heavy atom. The Kier molecular flexibility index (Phi) is 3.24. The fraction of sp³-hybridized carbons (Fsp3) is 1.00. The topological polar surface area (TPSA) is 49.3 Å². The van der Waals surface area contributed by atoms with Crippen molar-refractivity contribution >= 4 is 10.8 Å². The van der Waals surface area contributed by atoms with Crippen LogP contribution in [0.25, 0.3) is 0 Å². The fourth-order valence-corrected chi connectivity index (χ4v) is 4.10. The van der Waals surface area contributed by atoms with Gasteiger partial charge in [0.1, 0.15) is 0 Å². The molecule has 3 nitrogen and oxygen atoms in total. The van der Waals surface area contributed by atoms with Crippen molar-refractivity contribution in [3.05, 3.63) is 0 Å². The molecule has 0 spiro atoms. The molecule has 0 aromatic heterocycles. The van der Waals surface area contributed by atoms with Crippen molar-refractivity contribution in [3.8, 4) is 0 Å². The maximum absolute atomic E-state index is 11.7. The molecular formula is C10H19NO2S. The molecule has 2 fully saturated rings. The van der Waals surface area contributed by atoms with Crippen LogP contribution in [0.1, 0.15) is 19.8 Å². The van der Waals surface area contributed by atoms with Crippen molar-refractivity contribution in [1.82, 2.24) is 5.32 Å². The molecule has 0 bridgehead atoms. The zero-order valence-corrected chi connectivity index (χ0v) is 9.43. The summed E-state index contributed by atoms with van der Waals surface area (Å²) in [7, 11) is -0.831. The quantitative estimate of drug-likeness (QED) is 0.690. The monoisotopic (exact) mass is 217 g/mol. The summed E-state index contributed by atoms with van der Waals surface area (Å²) in [5, 5.41) is 13.3. The highest BCUT2D eigenvalue weighted by Crippen LogP contribution is 2.34. The van der Waals surface area contributed by atoms with Crippen LogP contribution in [-0.4, -0.2) is 39.5 Å². The van der Waals surface area contributed by atoms with E-state index in [4.69, 9.17) is 0 Å². The lowest BCUT2D eigenvalue weighted by Gasteiger charge is -2.34. The van der Waals surface area contributed by atoms with Crippen LogP contribution in [0.3, 0.4) is 0 Å². The van der Waals surface area contributed by atoms with E-state index in [1.165, 1.54) is 0 Å². The van der Waals surface area contributed by atoms with Gasteiger partial charge in [-0.15, -0.1) is 0 Å². The largest absolute Gasteiger partial charge is 0.392 e. The van der Waals surface area contributed by atoms with E-state index in [0.717, 1.165) is 25.9 Å². The van der Waals surface area contributed by atoms with E-state index in [9.17, 15) is 9.32 Å². The van der Waals surface area contributed by atoms with Crippen LogP contribution in [0.5, 0.6) is 0 Å². The van der Waals surface area contributed by atoms with Gasteiger partial charge in [-0.1, -0.05) is 6.92 Å². The molecule has 2 aliphatic rings. The Labute approximate surface area is 87.7 Å². The van der Waals surface area contributed by atoms with Crippen molar-refractivity contribution < 1.29 is 9.32 Å². The zero-order valence-electron chi connectivity index (χ0n) is 8.61. The SMILES string of the molecule is CCS(=O)C1CC2CNCC2CC1O. The summed E-state index contributed by atoms with van der Waals surface area (Å²) in [4.78, 5) is 0. The van der Waals surface area contributed by atoms with Crippen LogP contribution in [0.15, 0.2) is 0 Å². The lowest BCUT2D eigenvalue weighted by Crippen LogP contribution is -2.41. The molecule has 5 unspecified atom stereocenters. The predicted octanol–water partition coefficient (Wildman–Crippen LogP) is 0.114. The van der Waals surface area contributed by atoms with Crippen LogP contribution in [0.2, 0.25) is 0 Å². The second kappa shape index (κ2) is 4.29. The number of rotatable bonds is 2. The standard InChI is InChI=1S/C10H19NO2S/c1-2-14(13)10-4-8-6-11-5-7(8)3-9(10)12/h7-12H,2-6H2,1H3. The Bertz CT molecular complexity index is 234. The molecule has 1 aliphatic heterocycles. The van der Waals surface area contributed by atoms with Crippen molar-refractivity contribution in [2.24, 2.45) is 11.8 Å². The summed E-state index contributed by atoms with van der Waals surface area (Å²) in [5.74, 6) is 1.95. The highest BCUT2D eigenvalue weighted by Gasteiger charge is 2.40. The third kappa shape index (κ3) is 1.88. The third-order valence-corrected chi connectivity index (χ3v) is 5.36. The highest BCUT2D eigenvalue weighted by molar-refractivity contribution is 7.85. The molecule has 14 heavy (non-hydrogen) atoms. The van der Waals surface area contributed by atoms with Crippen molar-refractivity contribution in [1.29, 1.82) is 0 Å². The van der Waals surface area contributed by atoms with Gasteiger partial charge in [0.2, 0.25) is 0 Å². The first kappa shape index (κ1) is 10.6. The van der Waals surface area contributed by atoms with Crippen molar-refractivity contribution in [3.63, 3.8) is 0 Å². The molecule has 1 saturated heterocycles. The Hall–Kier alpha value is 0.0700. The molecule has 5 atom stereocenters. The van der Waals surface area contributed by atoms with E-state index in [-0.39, 0.29) is 11.4 Å². The molecule has 4 heteroatoms. The smallest absolute Gasteiger partial charge is 0.0687 e. The van der Waals surface area contributed by atoms with Gasteiger partial charge in [0.05, 0.1) is 11.4 Å². The van der Waals surface area contributed by atoms with E-state index < -0.39 is 10.8 Å². The Morgan fingerprint density at radius 1 is 1.36 bits per heavy atom. The lowest BCUT2D eigenvalue weighted by atomic mass is 9.80. The molecule has 1 heterocycles. The maximum atomic E-state index is 11.7. The average molecular weight is 217 g/mol. The van der Waals surface area contributed by atoms with Gasteiger partial charge in [0, 0.05) is 16.6 Å². The van der Waals surface area contributed by atoms with E-state index in [1.807, 2.05) is 6.92 Å². The van der Waals surface area contributed by atoms with E-state index in [2.05, 4.69) is 5.32 Å². The predicted molar refractivity (Wildman–Crippen MR) is 57.6 cm³/mol. The van der Waals surface area contributed by atoms with Crippen LogP contribution >= 0.6 is 0 Å². The van der Waals surface area contributed by atoms with Gasteiger partial charge < -0.3 is 10.4 Å². The molecular weight excluding hydrogens is 198 g/mol. The van der Waals surface area contributed by atoms with Gasteiger partial charge in [-0.25, -0.2) is 0 Å². The van der Waals surface area contributed by atoms with Crippen LogP contribution in [0.4, 0.5) is 0 Å². The van der Waals surface area contributed by atoms with Gasteiger partial charge in [-0.05, 0) is 37.8 Å². The molecule has 1 aliphatic carbocycles. The van der Waals surface area contributed by atoms with E-state index >= 15 is 0 Å². The molecule has 2 rings (SSSR count). The molecule has 0 amide bonds. The van der Waals surface area contributed by atoms with E-state index in [0.29, 0.717) is 17.6 Å². The second-order valence-electron chi connectivity index (χ2n) is 4.43. The molecule has 82 valence electrons. The minimum Gasteiger partial charge on any atom is -0.392 e. The second-order valence-corrected chi connectivity index (χ2v) is 6.37. The van der Waals surface area contributed by atoms with Crippen molar-refractivity contribution in [2.45, 2.75) is 31.1 Å². The van der Waals surface area contributed by atoms with Gasteiger partial charge in [-0.2, -0.15) is 0 Å². The summed E-state index contributed by atoms with van der Waals surface area (Å²) in [6.07, 6.45) is 1.45. The molecule has 0 aromatic carbocycles. The first-order valence-electron chi connectivity index (χ1n) is 5.48. The minimum absolute atomic E-state index is 0.0288. The summed E-state index contributed by atoms with van der Waals surface area (Å²) >= 11 is 0. The van der Waals surface area contributed by atoms with Crippen LogP contribution < -0.4 is 5.32 Å². The summed E-state index contributed by atoms with van der Waals surface area (Å²) in [5.41, 5.74) is 0. The number of hydrogen-bond donors (Lipinski definition) is 2. The van der Waals surface area contributed by atoms with Gasteiger partial charge >= 0.3 is 0 Å². The maximum Gasteiger partial charge on any atom is 0.0687 e. The first-order chi connectivity index (χ1) is 6.72. The van der Waals surface area contributed by atoms with E-state index in [1.54, 1.807) is 0 Å². The van der Waals surface area contributed by atoms with Crippen molar-refractivity contribution in [2.75, 3.05) is 18.8 Å². The Morgan fingerprint density at radius 3 is 2.64 bits per heavy atom. The van der Waals surface area contributed by atoms with Gasteiger partial charge in [-0.3, -0.25) is 4.21 Å². The highest BCUT2D eigenvalue weighted by atomic mass is 32.2. The Balaban J connectivity index is 2.02. The summed E-state index contributed by atoms with van der Waals surface area (Å²) < 4.78 is 11.7. The third-order valence-electron chi connectivity index (χ3n) is 3.61. The first-order valence-corrected chi connectivity index (χ1v) is 6.86. The number of aliphatic hydroxyl groups is 1. The zero-order chi connectivity index (χ0) is 10.1. The van der Waals surface area contributed by atoms with Crippen LogP contribution in [-0.2, 0) is 10.8 Å². The van der Waals surface area contributed by atoms with Crippen LogP contribution in [0, 0.1) is 11.8 Å². The fourth-order valence-electron chi connectivity index (χ4n) is 2.75. The number of nitrogens with one attached hydrogen (secondary N) is 1. The normalized spacial score (nSPS) is 44.7. The van der Waals surface area contributed by atoms with Gasteiger partial charge in [0.15, 0.2) is 0 Å². The minimum atomic E-state index is -0.831.